The molecule has 0 unspecified atom stereocenters. The lowest BCUT2D eigenvalue weighted by atomic mass is 10.1. The molecule has 0 aliphatic rings. The van der Waals surface area contributed by atoms with Crippen LogP contribution in [0.3, 0.4) is 0 Å². The molecule has 2 rings (SSSR count). The highest BCUT2D eigenvalue weighted by atomic mass is 79.9. The van der Waals surface area contributed by atoms with Crippen molar-refractivity contribution in [1.29, 1.82) is 0 Å². The summed E-state index contributed by atoms with van der Waals surface area (Å²) in [5, 5.41) is 2.83. The first-order valence-corrected chi connectivity index (χ1v) is 14.8. The van der Waals surface area contributed by atoms with E-state index in [1.165, 1.54) is 11.0 Å². The Labute approximate surface area is 230 Å². The fraction of sp³-hybridized carbons (Fsp3) is 0.462. The van der Waals surface area contributed by atoms with Crippen LogP contribution < -0.4 is 9.62 Å². The summed E-state index contributed by atoms with van der Waals surface area (Å²) in [5.41, 5.74) is -0.301. The Morgan fingerprint density at radius 3 is 2.32 bits per heavy atom. The van der Waals surface area contributed by atoms with Crippen LogP contribution in [0.2, 0.25) is 0 Å². The number of alkyl halides is 3. The first kappa shape index (κ1) is 31.6. The summed E-state index contributed by atoms with van der Waals surface area (Å²) in [7, 11) is -3.92. The maximum absolute atomic E-state index is 13.3. The van der Waals surface area contributed by atoms with Crippen LogP contribution in [-0.4, -0.2) is 50.5 Å². The van der Waals surface area contributed by atoms with E-state index >= 15 is 0 Å². The maximum Gasteiger partial charge on any atom is 0.416 e. The van der Waals surface area contributed by atoms with Crippen molar-refractivity contribution >= 4 is 43.5 Å². The van der Waals surface area contributed by atoms with E-state index in [0.29, 0.717) is 6.54 Å². The van der Waals surface area contributed by atoms with E-state index in [0.717, 1.165) is 51.6 Å². The zero-order valence-corrected chi connectivity index (χ0v) is 24.0. The number of benzene rings is 2. The highest BCUT2D eigenvalue weighted by Crippen LogP contribution is 2.32. The van der Waals surface area contributed by atoms with Crippen LogP contribution in [0.15, 0.2) is 53.0 Å². The molecule has 2 amide bonds. The van der Waals surface area contributed by atoms with Gasteiger partial charge >= 0.3 is 6.18 Å². The summed E-state index contributed by atoms with van der Waals surface area (Å²) in [6.45, 7) is 4.08. The number of sulfonamides is 1. The van der Waals surface area contributed by atoms with E-state index in [9.17, 15) is 31.2 Å². The molecule has 12 heteroatoms. The van der Waals surface area contributed by atoms with Crippen LogP contribution in [0.5, 0.6) is 0 Å². The molecule has 0 aliphatic heterocycles. The molecule has 0 spiro atoms. The van der Waals surface area contributed by atoms with E-state index in [4.69, 9.17) is 0 Å². The Bertz CT molecular complexity index is 1190. The van der Waals surface area contributed by atoms with E-state index in [1.807, 2.05) is 31.2 Å². The number of amides is 2. The standard InChI is InChI=1S/C26H33BrF3N3O4S/c1-4-5-15-31-25(35)19(2)32(18-20-11-13-22(27)14-12-20)24(34)10-7-16-33(38(3,36)37)23-9-6-8-21(17-23)26(28,29)30/h6,8-9,11-14,17,19H,4-5,7,10,15-16,18H2,1-3H3,(H,31,35)/t19-/m1/s1. The molecule has 0 heterocycles. The molecule has 0 aromatic heterocycles. The monoisotopic (exact) mass is 619 g/mol. The Kier molecular flexibility index (Phi) is 11.6. The van der Waals surface area contributed by atoms with Gasteiger partial charge in [-0.15, -0.1) is 0 Å². The lowest BCUT2D eigenvalue weighted by Crippen LogP contribution is -2.48. The predicted molar refractivity (Wildman–Crippen MR) is 145 cm³/mol. The van der Waals surface area contributed by atoms with Crippen molar-refractivity contribution in [2.45, 2.75) is 58.3 Å². The fourth-order valence-corrected chi connectivity index (χ4v) is 4.97. The number of halogens is 4. The molecule has 0 saturated carbocycles. The van der Waals surface area contributed by atoms with Crippen molar-refractivity contribution in [2.24, 2.45) is 0 Å². The number of anilines is 1. The van der Waals surface area contributed by atoms with Crippen LogP contribution in [0.25, 0.3) is 0 Å². The van der Waals surface area contributed by atoms with Gasteiger partial charge in [0.05, 0.1) is 17.5 Å². The summed E-state index contributed by atoms with van der Waals surface area (Å²) in [6.07, 6.45) is -2.08. The molecule has 0 fully saturated rings. The molecule has 7 nitrogen and oxygen atoms in total. The van der Waals surface area contributed by atoms with Gasteiger partial charge in [-0.3, -0.25) is 13.9 Å². The van der Waals surface area contributed by atoms with Crippen molar-refractivity contribution in [2.75, 3.05) is 23.7 Å². The molecule has 210 valence electrons. The van der Waals surface area contributed by atoms with Gasteiger partial charge < -0.3 is 10.2 Å². The van der Waals surface area contributed by atoms with Gasteiger partial charge in [0.15, 0.2) is 0 Å². The maximum atomic E-state index is 13.3. The second-order valence-electron chi connectivity index (χ2n) is 8.96. The Morgan fingerprint density at radius 1 is 1.08 bits per heavy atom. The number of hydrogen-bond acceptors (Lipinski definition) is 4. The second-order valence-corrected chi connectivity index (χ2v) is 11.8. The van der Waals surface area contributed by atoms with Crippen LogP contribution in [0, 0.1) is 0 Å². The molecule has 2 aromatic rings. The zero-order chi connectivity index (χ0) is 28.5. The van der Waals surface area contributed by atoms with Gasteiger partial charge in [0, 0.05) is 30.5 Å². The second kappa shape index (κ2) is 14.0. The number of hydrogen-bond donors (Lipinski definition) is 1. The van der Waals surface area contributed by atoms with Gasteiger partial charge in [-0.25, -0.2) is 8.42 Å². The topological polar surface area (TPSA) is 86.8 Å². The minimum absolute atomic E-state index is 0.0448. The van der Waals surface area contributed by atoms with Crippen molar-refractivity contribution in [3.8, 4) is 0 Å². The van der Waals surface area contributed by atoms with Gasteiger partial charge in [-0.2, -0.15) is 13.2 Å². The third-order valence-electron chi connectivity index (χ3n) is 5.88. The first-order valence-electron chi connectivity index (χ1n) is 12.2. The summed E-state index contributed by atoms with van der Waals surface area (Å²) in [6, 6.07) is 10.6. The van der Waals surface area contributed by atoms with Crippen LogP contribution >= 0.6 is 15.9 Å². The van der Waals surface area contributed by atoms with Gasteiger partial charge in [0.1, 0.15) is 6.04 Å². The highest BCUT2D eigenvalue weighted by Gasteiger charge is 2.32. The highest BCUT2D eigenvalue weighted by molar-refractivity contribution is 9.10. The average molecular weight is 621 g/mol. The van der Waals surface area contributed by atoms with Crippen LogP contribution in [0.4, 0.5) is 18.9 Å². The van der Waals surface area contributed by atoms with E-state index < -0.39 is 27.8 Å². The third kappa shape index (κ3) is 9.61. The summed E-state index contributed by atoms with van der Waals surface area (Å²) >= 11 is 3.37. The number of nitrogens with zero attached hydrogens (tertiary/aromatic N) is 2. The smallest absolute Gasteiger partial charge is 0.354 e. The van der Waals surface area contributed by atoms with Crippen LogP contribution in [0.1, 0.15) is 50.7 Å². The third-order valence-corrected chi connectivity index (χ3v) is 7.60. The summed E-state index contributed by atoms with van der Waals surface area (Å²) < 4.78 is 66.0. The minimum atomic E-state index is -4.63. The van der Waals surface area contributed by atoms with Crippen molar-refractivity contribution < 1.29 is 31.2 Å². The SMILES string of the molecule is CCCCNC(=O)[C@@H](C)N(Cc1ccc(Br)cc1)C(=O)CCCN(c1cccc(C(F)(F)F)c1)S(C)(=O)=O. The summed E-state index contributed by atoms with van der Waals surface area (Å²) in [5.74, 6) is -0.672. The lowest BCUT2D eigenvalue weighted by Gasteiger charge is -2.29. The molecule has 0 radical (unpaired) electrons. The fourth-order valence-electron chi connectivity index (χ4n) is 3.75. The van der Waals surface area contributed by atoms with Gasteiger partial charge in [0.2, 0.25) is 21.8 Å². The molecule has 38 heavy (non-hydrogen) atoms. The number of carbonyl (C=O) groups excluding carboxylic acids is 2. The molecule has 0 bridgehead atoms. The quantitative estimate of drug-likeness (QED) is 0.306. The molecule has 2 aromatic carbocycles. The first-order chi connectivity index (χ1) is 17.7. The number of unbranched alkanes of at least 4 members (excludes halogenated alkanes) is 1. The number of rotatable bonds is 13. The lowest BCUT2D eigenvalue weighted by molar-refractivity contribution is -0.140. The molecule has 0 aliphatic carbocycles. The Balaban J connectivity index is 2.19. The van der Waals surface area contributed by atoms with Gasteiger partial charge in [0.25, 0.3) is 0 Å². The molecule has 1 N–H and O–H groups in total. The van der Waals surface area contributed by atoms with E-state index in [1.54, 1.807) is 6.92 Å². The van der Waals surface area contributed by atoms with Gasteiger partial charge in [-0.05, 0) is 55.7 Å². The number of nitrogens with one attached hydrogen (secondary N) is 1. The zero-order valence-electron chi connectivity index (χ0n) is 21.6. The molecular weight excluding hydrogens is 587 g/mol. The van der Waals surface area contributed by atoms with Crippen molar-refractivity contribution in [3.05, 3.63) is 64.1 Å². The molecule has 0 saturated heterocycles. The normalized spacial score (nSPS) is 12.6. The minimum Gasteiger partial charge on any atom is -0.354 e. The van der Waals surface area contributed by atoms with Crippen molar-refractivity contribution in [1.82, 2.24) is 10.2 Å². The Hall–Kier alpha value is -2.60. The largest absolute Gasteiger partial charge is 0.416 e. The number of carbonyl (C=O) groups is 2. The Morgan fingerprint density at radius 2 is 1.74 bits per heavy atom. The molecule has 1 atom stereocenters. The van der Waals surface area contributed by atoms with E-state index in [-0.39, 0.29) is 43.4 Å². The average Bonchev–Trinajstić information content (AvgIpc) is 2.84. The van der Waals surface area contributed by atoms with E-state index in [2.05, 4.69) is 21.2 Å². The summed E-state index contributed by atoms with van der Waals surface area (Å²) in [4.78, 5) is 27.4. The molecular formula is C26H33BrF3N3O4S. The van der Waals surface area contributed by atoms with Crippen molar-refractivity contribution in [3.63, 3.8) is 0 Å². The predicted octanol–water partition coefficient (Wildman–Crippen LogP) is 5.35. The van der Waals surface area contributed by atoms with Gasteiger partial charge in [-0.1, -0.05) is 47.5 Å². The van der Waals surface area contributed by atoms with Crippen LogP contribution in [-0.2, 0) is 32.3 Å².